The molecule has 0 aliphatic carbocycles. The van der Waals surface area contributed by atoms with Crippen molar-refractivity contribution in [2.45, 2.75) is 0 Å². The molecule has 6 heavy (non-hydrogen) atoms. The molecule has 0 unspecified atom stereocenters. The maximum absolute atomic E-state index is 3.70. The van der Waals surface area contributed by atoms with Crippen LogP contribution in [0, 0.1) is 0 Å². The summed E-state index contributed by atoms with van der Waals surface area (Å²) in [5.74, 6) is 0. The Balaban J connectivity index is 2.53. The summed E-state index contributed by atoms with van der Waals surface area (Å²) in [7, 11) is 0. The van der Waals surface area contributed by atoms with E-state index in [-0.39, 0.29) is 0 Å². The summed E-state index contributed by atoms with van der Waals surface area (Å²) in [5, 5.41) is 3.51. The molecule has 3 heteroatoms. The fourth-order valence-electron chi connectivity index (χ4n) is 0.283. The molecular formula is C3H5N3. The van der Waals surface area contributed by atoms with Crippen molar-refractivity contribution in [1.29, 1.82) is 0 Å². The van der Waals surface area contributed by atoms with Gasteiger partial charge in [-0.15, -0.1) is 5.10 Å². The normalized spacial score (nSPS) is 17.3. The lowest BCUT2D eigenvalue weighted by molar-refractivity contribution is 0.725. The van der Waals surface area contributed by atoms with E-state index in [1.807, 2.05) is 0 Å². The molecule has 1 rings (SSSR count). The van der Waals surface area contributed by atoms with Crippen molar-refractivity contribution in [3.63, 3.8) is 0 Å². The summed E-state index contributed by atoms with van der Waals surface area (Å²) in [6, 6.07) is 2.42. The van der Waals surface area contributed by atoms with Crippen LogP contribution in [0.4, 0.5) is 0 Å². The minimum absolute atomic E-state index is 0.809. The van der Waals surface area contributed by atoms with Crippen LogP contribution in [-0.4, -0.2) is 19.1 Å². The molecule has 0 amide bonds. The Morgan fingerprint density at radius 3 is 2.83 bits per heavy atom. The van der Waals surface area contributed by atoms with Gasteiger partial charge in [-0.1, -0.05) is 0 Å². The van der Waals surface area contributed by atoms with Crippen LogP contribution in [0.15, 0.2) is 10.1 Å². The highest BCUT2D eigenvalue weighted by atomic mass is 15.3. The predicted octanol–water partition coefficient (Wildman–Crippen LogP) is -0.322. The maximum atomic E-state index is 3.70. The van der Waals surface area contributed by atoms with E-state index in [9.17, 15) is 0 Å². The second-order valence-electron chi connectivity index (χ2n) is 1.00. The number of rotatable bonds is 0. The lowest BCUT2D eigenvalue weighted by atomic mass is 10.7. The van der Waals surface area contributed by atoms with Crippen molar-refractivity contribution in [3.8, 4) is 0 Å². The summed E-state index contributed by atoms with van der Waals surface area (Å²) < 4.78 is 0. The van der Waals surface area contributed by atoms with Gasteiger partial charge in [0.05, 0.1) is 13.1 Å². The standard InChI is InChI=1S/C3H5N3/c1-2-5-6-3-4-1/h5H,1-2H2. The Morgan fingerprint density at radius 1 is 1.67 bits per heavy atom. The molecule has 0 bridgehead atoms. The molecule has 1 heterocycles. The van der Waals surface area contributed by atoms with Crippen LogP contribution in [0.25, 0.3) is 0 Å². The molecule has 0 atom stereocenters. The molecule has 0 spiro atoms. The minimum Gasteiger partial charge on any atom is -0.299 e. The van der Waals surface area contributed by atoms with Crippen molar-refractivity contribution in [2.24, 2.45) is 10.1 Å². The van der Waals surface area contributed by atoms with Gasteiger partial charge in [-0.05, 0) is 0 Å². The van der Waals surface area contributed by atoms with Gasteiger partial charge in [0.25, 0.3) is 0 Å². The zero-order valence-electron chi connectivity index (χ0n) is 3.31. The largest absolute Gasteiger partial charge is 0.299 e. The Labute approximate surface area is 35.8 Å². The fourth-order valence-corrected chi connectivity index (χ4v) is 0.283. The van der Waals surface area contributed by atoms with E-state index in [4.69, 9.17) is 0 Å². The van der Waals surface area contributed by atoms with Gasteiger partial charge in [0.15, 0.2) is 0 Å². The highest BCUT2D eigenvalue weighted by Gasteiger charge is 1.79. The van der Waals surface area contributed by atoms with Crippen LogP contribution in [-0.2, 0) is 0 Å². The molecule has 0 aromatic carbocycles. The number of hydrogen-bond acceptors (Lipinski definition) is 3. The zero-order chi connectivity index (χ0) is 4.24. The van der Waals surface area contributed by atoms with Gasteiger partial charge < -0.3 is 0 Å². The second kappa shape index (κ2) is 1.58. The van der Waals surface area contributed by atoms with Crippen LogP contribution in [0.2, 0.25) is 0 Å². The minimum atomic E-state index is 0.809. The van der Waals surface area contributed by atoms with Gasteiger partial charge in [-0.3, -0.25) is 5.43 Å². The number of nitrogens with zero attached hydrogens (tertiary/aromatic N) is 2. The number of nitrogens with one attached hydrogen (secondary N) is 1. The zero-order valence-corrected chi connectivity index (χ0v) is 3.31. The summed E-state index contributed by atoms with van der Waals surface area (Å²) in [6.07, 6.45) is 0. The summed E-state index contributed by atoms with van der Waals surface area (Å²) >= 11 is 0. The van der Waals surface area contributed by atoms with E-state index < -0.39 is 0 Å². The first-order valence-corrected chi connectivity index (χ1v) is 1.84. The molecule has 3 nitrogen and oxygen atoms in total. The molecule has 0 saturated heterocycles. The van der Waals surface area contributed by atoms with Crippen LogP contribution in [0.3, 0.4) is 0 Å². The predicted molar refractivity (Wildman–Crippen MR) is 22.7 cm³/mol. The lowest BCUT2D eigenvalue weighted by Crippen LogP contribution is -2.12. The molecule has 0 aromatic rings. The van der Waals surface area contributed by atoms with E-state index in [1.54, 1.807) is 0 Å². The van der Waals surface area contributed by atoms with Crippen molar-refractivity contribution >= 4 is 6.01 Å². The lowest BCUT2D eigenvalue weighted by Gasteiger charge is -1.93. The molecule has 0 aromatic heterocycles. The molecule has 32 valence electrons. The topological polar surface area (TPSA) is 36.8 Å². The highest BCUT2D eigenvalue weighted by Crippen LogP contribution is 1.68. The number of hydrogen-bond donors (Lipinski definition) is 1. The van der Waals surface area contributed by atoms with Gasteiger partial charge in [0, 0.05) is 0 Å². The van der Waals surface area contributed by atoms with E-state index in [0.29, 0.717) is 0 Å². The first-order valence-electron chi connectivity index (χ1n) is 1.84. The van der Waals surface area contributed by atoms with Crippen molar-refractivity contribution < 1.29 is 0 Å². The fraction of sp³-hybridized carbons (Fsp3) is 0.667. The Morgan fingerprint density at radius 2 is 2.67 bits per heavy atom. The third-order valence-corrected chi connectivity index (χ3v) is 0.535. The maximum Gasteiger partial charge on any atom is 0.114 e. The number of hydrazone groups is 1. The summed E-state index contributed by atoms with van der Waals surface area (Å²) in [5.41, 5.74) is 2.70. The molecule has 0 fully saturated rings. The van der Waals surface area contributed by atoms with Crippen LogP contribution < -0.4 is 5.43 Å². The first kappa shape index (κ1) is 3.37. The first-order chi connectivity index (χ1) is 3.00. The van der Waals surface area contributed by atoms with Crippen molar-refractivity contribution in [3.05, 3.63) is 0 Å². The van der Waals surface area contributed by atoms with E-state index in [0.717, 1.165) is 13.1 Å². The van der Waals surface area contributed by atoms with Crippen molar-refractivity contribution in [1.82, 2.24) is 5.43 Å². The Bertz CT molecular complexity index is 82.2. The van der Waals surface area contributed by atoms with E-state index in [2.05, 4.69) is 21.5 Å². The second-order valence-corrected chi connectivity index (χ2v) is 1.00. The van der Waals surface area contributed by atoms with E-state index >= 15 is 0 Å². The van der Waals surface area contributed by atoms with Crippen LogP contribution in [0.1, 0.15) is 0 Å². The highest BCUT2D eigenvalue weighted by molar-refractivity contribution is 5.41. The summed E-state index contributed by atoms with van der Waals surface area (Å²) in [6.45, 7) is 1.66. The quantitative estimate of drug-likeness (QED) is 0.428. The molecule has 1 aliphatic heterocycles. The molecular weight excluding hydrogens is 78.1 g/mol. The Kier molecular flexibility index (Phi) is 0.886. The monoisotopic (exact) mass is 83.0 g/mol. The third kappa shape index (κ3) is 0.563. The van der Waals surface area contributed by atoms with Gasteiger partial charge >= 0.3 is 0 Å². The van der Waals surface area contributed by atoms with Crippen LogP contribution in [0.5, 0.6) is 0 Å². The smallest absolute Gasteiger partial charge is 0.114 e. The van der Waals surface area contributed by atoms with E-state index in [1.165, 1.54) is 0 Å². The SMILES string of the molecule is C1=NCCNN=1. The van der Waals surface area contributed by atoms with Crippen molar-refractivity contribution in [2.75, 3.05) is 13.1 Å². The Hall–Kier alpha value is -0.820. The average Bonchev–Trinajstić information content (AvgIpc) is 1.72. The molecule has 1 aliphatic rings. The number of aliphatic imine (C=N–C) groups is 1. The van der Waals surface area contributed by atoms with Gasteiger partial charge in [0.2, 0.25) is 0 Å². The van der Waals surface area contributed by atoms with Gasteiger partial charge in [-0.2, -0.15) is 0 Å². The average molecular weight is 83.1 g/mol. The third-order valence-electron chi connectivity index (χ3n) is 0.535. The summed E-state index contributed by atoms with van der Waals surface area (Å²) in [4.78, 5) is 3.70. The molecule has 1 N–H and O–H groups in total. The van der Waals surface area contributed by atoms with Crippen LogP contribution >= 0.6 is 0 Å². The van der Waals surface area contributed by atoms with Gasteiger partial charge in [0.1, 0.15) is 6.01 Å². The molecule has 0 saturated carbocycles. The van der Waals surface area contributed by atoms with Gasteiger partial charge in [-0.25, -0.2) is 4.99 Å². The molecule has 0 radical (unpaired) electrons.